The van der Waals surface area contributed by atoms with Crippen LogP contribution in [0.3, 0.4) is 0 Å². The smallest absolute Gasteiger partial charge is 0.204 e. The number of benzene rings is 2. The molecule has 4 heteroatoms. The standard InChI is InChI=1S/C17H18O3S/c1-14(21(19,20)16-10-6-3-7-11-16)17(18)13-12-15-8-4-2-5-9-15/h2-11,17-18H,1,12-13H2. The maximum Gasteiger partial charge on any atom is 0.204 e. The molecule has 0 amide bonds. The Morgan fingerprint density at radius 2 is 1.52 bits per heavy atom. The normalized spacial score (nSPS) is 12.8. The Morgan fingerprint density at radius 3 is 2.10 bits per heavy atom. The first kappa shape index (κ1) is 15.5. The van der Waals surface area contributed by atoms with Gasteiger partial charge in [0.05, 0.1) is 15.9 Å². The predicted molar refractivity (Wildman–Crippen MR) is 83.5 cm³/mol. The van der Waals surface area contributed by atoms with Gasteiger partial charge in [0, 0.05) is 0 Å². The summed E-state index contributed by atoms with van der Waals surface area (Å²) in [6.07, 6.45) is -0.143. The predicted octanol–water partition coefficient (Wildman–Crippen LogP) is 2.97. The second-order valence-electron chi connectivity index (χ2n) is 4.82. The van der Waals surface area contributed by atoms with Crippen molar-refractivity contribution in [2.24, 2.45) is 0 Å². The first-order valence-corrected chi connectivity index (χ1v) is 8.21. The van der Waals surface area contributed by atoms with Crippen LogP contribution in [0.1, 0.15) is 12.0 Å². The minimum absolute atomic E-state index is 0.148. The van der Waals surface area contributed by atoms with E-state index in [2.05, 4.69) is 6.58 Å². The van der Waals surface area contributed by atoms with E-state index in [4.69, 9.17) is 0 Å². The van der Waals surface area contributed by atoms with E-state index in [0.29, 0.717) is 12.8 Å². The van der Waals surface area contributed by atoms with Crippen molar-refractivity contribution in [3.05, 3.63) is 77.7 Å². The molecule has 110 valence electrons. The Morgan fingerprint density at radius 1 is 1.00 bits per heavy atom. The molecule has 1 N–H and O–H groups in total. The lowest BCUT2D eigenvalue weighted by molar-refractivity contribution is 0.208. The third-order valence-corrected chi connectivity index (χ3v) is 5.17. The van der Waals surface area contributed by atoms with Gasteiger partial charge in [0.15, 0.2) is 0 Å². The SMILES string of the molecule is C=C(C(O)CCc1ccccc1)S(=O)(=O)c1ccccc1. The van der Waals surface area contributed by atoms with Gasteiger partial charge < -0.3 is 5.11 Å². The summed E-state index contributed by atoms with van der Waals surface area (Å²) in [5.74, 6) is 0. The molecule has 1 atom stereocenters. The van der Waals surface area contributed by atoms with Gasteiger partial charge in [-0.05, 0) is 30.5 Å². The van der Waals surface area contributed by atoms with E-state index in [1.165, 1.54) is 12.1 Å². The molecule has 0 aromatic heterocycles. The Labute approximate surface area is 125 Å². The lowest BCUT2D eigenvalue weighted by Crippen LogP contribution is -2.18. The fraction of sp³-hybridized carbons (Fsp3) is 0.176. The molecule has 2 aromatic carbocycles. The van der Waals surface area contributed by atoms with Gasteiger partial charge in [-0.3, -0.25) is 0 Å². The fourth-order valence-corrected chi connectivity index (χ4v) is 3.33. The first-order valence-electron chi connectivity index (χ1n) is 6.73. The van der Waals surface area contributed by atoms with Crippen LogP contribution in [0.25, 0.3) is 0 Å². The third-order valence-electron chi connectivity index (χ3n) is 3.32. The molecule has 0 saturated heterocycles. The van der Waals surface area contributed by atoms with Gasteiger partial charge in [-0.15, -0.1) is 0 Å². The average molecular weight is 302 g/mol. The Hall–Kier alpha value is -1.91. The molecule has 0 radical (unpaired) electrons. The van der Waals surface area contributed by atoms with Crippen molar-refractivity contribution < 1.29 is 13.5 Å². The summed E-state index contributed by atoms with van der Waals surface area (Å²) in [5.41, 5.74) is 1.06. The van der Waals surface area contributed by atoms with Gasteiger partial charge in [0.2, 0.25) is 9.84 Å². The van der Waals surface area contributed by atoms with Gasteiger partial charge >= 0.3 is 0 Å². The molecule has 2 aromatic rings. The molecular weight excluding hydrogens is 284 g/mol. The van der Waals surface area contributed by atoms with Crippen LogP contribution in [-0.4, -0.2) is 19.6 Å². The summed E-state index contributed by atoms with van der Waals surface area (Å²) in [7, 11) is -3.69. The van der Waals surface area contributed by atoms with Gasteiger partial charge in [-0.25, -0.2) is 8.42 Å². The van der Waals surface area contributed by atoms with Crippen molar-refractivity contribution in [3.8, 4) is 0 Å². The summed E-state index contributed by atoms with van der Waals surface area (Å²) in [5, 5.41) is 10.1. The Bertz CT molecular complexity index is 691. The lowest BCUT2D eigenvalue weighted by Gasteiger charge is -2.14. The first-order chi connectivity index (χ1) is 10.0. The van der Waals surface area contributed by atoms with Gasteiger partial charge in [-0.2, -0.15) is 0 Å². The van der Waals surface area contributed by atoms with Crippen molar-refractivity contribution in [3.63, 3.8) is 0 Å². The number of sulfone groups is 1. The van der Waals surface area contributed by atoms with E-state index in [-0.39, 0.29) is 9.80 Å². The lowest BCUT2D eigenvalue weighted by atomic mass is 10.1. The largest absolute Gasteiger partial charge is 0.388 e. The van der Waals surface area contributed by atoms with Gasteiger partial charge in [-0.1, -0.05) is 55.1 Å². The molecule has 0 fully saturated rings. The number of rotatable bonds is 6. The highest BCUT2D eigenvalue weighted by atomic mass is 32.2. The highest BCUT2D eigenvalue weighted by Crippen LogP contribution is 2.22. The zero-order valence-electron chi connectivity index (χ0n) is 11.6. The zero-order valence-corrected chi connectivity index (χ0v) is 12.5. The summed E-state index contributed by atoms with van der Waals surface area (Å²) < 4.78 is 24.7. The van der Waals surface area contributed by atoms with Crippen LogP contribution in [0, 0.1) is 0 Å². The van der Waals surface area contributed by atoms with Crippen LogP contribution >= 0.6 is 0 Å². The number of aliphatic hydroxyl groups excluding tert-OH is 1. The van der Waals surface area contributed by atoms with Gasteiger partial charge in [0.25, 0.3) is 0 Å². The molecule has 0 heterocycles. The molecule has 21 heavy (non-hydrogen) atoms. The highest BCUT2D eigenvalue weighted by molar-refractivity contribution is 7.95. The minimum Gasteiger partial charge on any atom is -0.388 e. The zero-order chi connectivity index (χ0) is 15.3. The van der Waals surface area contributed by atoms with Crippen LogP contribution < -0.4 is 0 Å². The van der Waals surface area contributed by atoms with Crippen LogP contribution in [0.5, 0.6) is 0 Å². The van der Waals surface area contributed by atoms with Crippen molar-refractivity contribution in [2.45, 2.75) is 23.8 Å². The maximum atomic E-state index is 12.3. The second-order valence-corrected chi connectivity index (χ2v) is 6.83. The summed E-state index contributed by atoms with van der Waals surface area (Å²) >= 11 is 0. The summed E-state index contributed by atoms with van der Waals surface area (Å²) in [6.45, 7) is 3.58. The average Bonchev–Trinajstić information content (AvgIpc) is 2.53. The summed E-state index contributed by atoms with van der Waals surface area (Å²) in [6, 6.07) is 17.7. The molecule has 0 spiro atoms. The third kappa shape index (κ3) is 3.80. The van der Waals surface area contributed by atoms with Crippen molar-refractivity contribution >= 4 is 9.84 Å². The number of hydrogen-bond acceptors (Lipinski definition) is 3. The number of aryl methyl sites for hydroxylation is 1. The maximum absolute atomic E-state index is 12.3. The van der Waals surface area contributed by atoms with E-state index >= 15 is 0 Å². The van der Waals surface area contributed by atoms with Crippen LogP contribution in [0.15, 0.2) is 77.0 Å². The van der Waals surface area contributed by atoms with Crippen LogP contribution in [-0.2, 0) is 16.3 Å². The molecule has 2 rings (SSSR count). The van der Waals surface area contributed by atoms with E-state index in [0.717, 1.165) is 5.56 Å². The monoisotopic (exact) mass is 302 g/mol. The van der Waals surface area contributed by atoms with Gasteiger partial charge in [0.1, 0.15) is 0 Å². The molecule has 3 nitrogen and oxygen atoms in total. The van der Waals surface area contributed by atoms with Crippen molar-refractivity contribution in [2.75, 3.05) is 0 Å². The van der Waals surface area contributed by atoms with E-state index in [9.17, 15) is 13.5 Å². The topological polar surface area (TPSA) is 54.4 Å². The quantitative estimate of drug-likeness (QED) is 0.892. The fourth-order valence-electron chi connectivity index (χ4n) is 2.04. The second kappa shape index (κ2) is 6.70. The summed E-state index contributed by atoms with van der Waals surface area (Å²) in [4.78, 5) is 0.0124. The number of hydrogen-bond donors (Lipinski definition) is 1. The molecule has 0 saturated carbocycles. The van der Waals surface area contributed by atoms with Crippen molar-refractivity contribution in [1.82, 2.24) is 0 Å². The minimum atomic E-state index is -3.69. The van der Waals surface area contributed by atoms with Crippen LogP contribution in [0.4, 0.5) is 0 Å². The molecule has 0 bridgehead atoms. The highest BCUT2D eigenvalue weighted by Gasteiger charge is 2.24. The van der Waals surface area contributed by atoms with E-state index in [1.54, 1.807) is 18.2 Å². The van der Waals surface area contributed by atoms with E-state index in [1.807, 2.05) is 30.3 Å². The van der Waals surface area contributed by atoms with Crippen molar-refractivity contribution in [1.29, 1.82) is 0 Å². The molecule has 1 unspecified atom stereocenters. The Kier molecular flexibility index (Phi) is 4.94. The van der Waals surface area contributed by atoms with E-state index < -0.39 is 15.9 Å². The molecular formula is C17H18O3S. The Balaban J connectivity index is 2.06. The molecule has 0 aliphatic heterocycles. The molecule has 0 aliphatic carbocycles. The van der Waals surface area contributed by atoms with Crippen LogP contribution in [0.2, 0.25) is 0 Å². The molecule has 0 aliphatic rings. The number of aliphatic hydroxyl groups is 1.